The Bertz CT molecular complexity index is 871. The maximum Gasteiger partial charge on any atom is 0.337 e. The van der Waals surface area contributed by atoms with Gasteiger partial charge in [0, 0.05) is 24.1 Å². The lowest BCUT2D eigenvalue weighted by atomic mass is 9.68. The second kappa shape index (κ2) is 8.50. The van der Waals surface area contributed by atoms with E-state index >= 15 is 0 Å². The molecule has 2 aromatic carbocycles. The first kappa shape index (κ1) is 21.9. The van der Waals surface area contributed by atoms with Crippen LogP contribution in [0, 0.1) is 5.41 Å². The van der Waals surface area contributed by atoms with E-state index < -0.39 is 23.0 Å². The van der Waals surface area contributed by atoms with Crippen molar-refractivity contribution in [3.63, 3.8) is 0 Å². The van der Waals surface area contributed by atoms with E-state index in [0.717, 1.165) is 17.7 Å². The first-order chi connectivity index (χ1) is 14.2. The standard InChI is InChI=1S/C25H31NO4/c1-5-15-26(19-9-7-6-8-10-19)22-21(28)17-25(4,30-23(22)29)24(2,3)16-18-11-13-20(27)14-12-18/h6-14,22,27H,5,15-17H2,1-4H3. The van der Waals surface area contributed by atoms with Gasteiger partial charge >= 0.3 is 5.97 Å². The molecule has 1 N–H and O–H groups in total. The van der Waals surface area contributed by atoms with Crippen molar-refractivity contribution in [1.82, 2.24) is 0 Å². The molecule has 2 aromatic rings. The second-order valence-corrected chi connectivity index (χ2v) is 8.95. The van der Waals surface area contributed by atoms with Gasteiger partial charge in [0.2, 0.25) is 0 Å². The van der Waals surface area contributed by atoms with Gasteiger partial charge in [-0.15, -0.1) is 0 Å². The van der Waals surface area contributed by atoms with Gasteiger partial charge in [-0.1, -0.05) is 51.1 Å². The molecule has 2 atom stereocenters. The zero-order valence-corrected chi connectivity index (χ0v) is 18.2. The van der Waals surface area contributed by atoms with E-state index in [9.17, 15) is 14.7 Å². The molecular weight excluding hydrogens is 378 g/mol. The summed E-state index contributed by atoms with van der Waals surface area (Å²) in [6, 6.07) is 15.6. The van der Waals surface area contributed by atoms with Gasteiger partial charge in [0.25, 0.3) is 0 Å². The van der Waals surface area contributed by atoms with Crippen LogP contribution in [-0.4, -0.2) is 35.0 Å². The van der Waals surface area contributed by atoms with Gasteiger partial charge in [-0.3, -0.25) is 4.79 Å². The molecule has 0 amide bonds. The summed E-state index contributed by atoms with van der Waals surface area (Å²) in [7, 11) is 0. The fraction of sp³-hybridized carbons (Fsp3) is 0.440. The van der Waals surface area contributed by atoms with Gasteiger partial charge in [-0.2, -0.15) is 0 Å². The topological polar surface area (TPSA) is 66.8 Å². The number of ether oxygens (including phenoxy) is 1. The Labute approximate surface area is 178 Å². The molecular formula is C25H31NO4. The summed E-state index contributed by atoms with van der Waals surface area (Å²) >= 11 is 0. The highest BCUT2D eigenvalue weighted by molar-refractivity contribution is 6.08. The number of Topliss-reactive ketones (excluding diaryl/α,β-unsaturated/α-hetero) is 1. The number of benzene rings is 2. The number of nitrogens with zero attached hydrogens (tertiary/aromatic N) is 1. The predicted octanol–water partition coefficient (Wildman–Crippen LogP) is 4.52. The fourth-order valence-corrected chi connectivity index (χ4v) is 4.13. The number of hydrogen-bond acceptors (Lipinski definition) is 5. The third kappa shape index (κ3) is 4.35. The van der Waals surface area contributed by atoms with Gasteiger partial charge < -0.3 is 14.7 Å². The Balaban J connectivity index is 1.84. The van der Waals surface area contributed by atoms with Crippen molar-refractivity contribution in [1.29, 1.82) is 0 Å². The van der Waals surface area contributed by atoms with Crippen LogP contribution in [0.15, 0.2) is 54.6 Å². The molecule has 5 nitrogen and oxygen atoms in total. The van der Waals surface area contributed by atoms with E-state index in [1.165, 1.54) is 0 Å². The van der Waals surface area contributed by atoms with Crippen LogP contribution in [0.25, 0.3) is 0 Å². The molecule has 1 aliphatic heterocycles. The maximum absolute atomic E-state index is 13.3. The Kier molecular flexibility index (Phi) is 6.20. The van der Waals surface area contributed by atoms with E-state index in [0.29, 0.717) is 13.0 Å². The minimum atomic E-state index is -0.913. The lowest BCUT2D eigenvalue weighted by Crippen LogP contribution is -2.61. The summed E-state index contributed by atoms with van der Waals surface area (Å²) in [5.74, 6) is -0.378. The molecule has 0 bridgehead atoms. The lowest BCUT2D eigenvalue weighted by molar-refractivity contribution is -0.185. The van der Waals surface area contributed by atoms with Gasteiger partial charge in [0.1, 0.15) is 11.4 Å². The molecule has 0 aromatic heterocycles. The zero-order valence-electron chi connectivity index (χ0n) is 18.2. The van der Waals surface area contributed by atoms with Crippen LogP contribution in [0.3, 0.4) is 0 Å². The molecule has 1 heterocycles. The SMILES string of the molecule is CCCN(c1ccccc1)C1C(=O)CC(C)(C(C)(C)Cc2ccc(O)cc2)OC1=O. The molecule has 3 rings (SSSR count). The monoisotopic (exact) mass is 409 g/mol. The summed E-state index contributed by atoms with van der Waals surface area (Å²) in [5.41, 5.74) is 0.482. The molecule has 5 heteroatoms. The summed E-state index contributed by atoms with van der Waals surface area (Å²) in [6.07, 6.45) is 1.60. The number of phenolic OH excluding ortho intramolecular Hbond substituents is 1. The van der Waals surface area contributed by atoms with Gasteiger partial charge in [-0.25, -0.2) is 4.79 Å². The number of ketones is 1. The van der Waals surface area contributed by atoms with Crippen LogP contribution >= 0.6 is 0 Å². The van der Waals surface area contributed by atoms with Crippen LogP contribution in [0.2, 0.25) is 0 Å². The highest BCUT2D eigenvalue weighted by Crippen LogP contribution is 2.43. The predicted molar refractivity (Wildman–Crippen MR) is 118 cm³/mol. The maximum atomic E-state index is 13.3. The highest BCUT2D eigenvalue weighted by atomic mass is 16.6. The number of esters is 1. The van der Waals surface area contributed by atoms with Gasteiger partial charge in [0.15, 0.2) is 11.8 Å². The van der Waals surface area contributed by atoms with E-state index in [1.807, 2.05) is 75.1 Å². The summed E-state index contributed by atoms with van der Waals surface area (Å²) < 4.78 is 6.02. The molecule has 30 heavy (non-hydrogen) atoms. The Morgan fingerprint density at radius 2 is 1.73 bits per heavy atom. The number of para-hydroxylation sites is 1. The second-order valence-electron chi connectivity index (χ2n) is 8.95. The van der Waals surface area contributed by atoms with Crippen molar-refractivity contribution < 1.29 is 19.4 Å². The number of hydrogen-bond donors (Lipinski definition) is 1. The number of anilines is 1. The average Bonchev–Trinajstić information content (AvgIpc) is 2.69. The third-order valence-electron chi connectivity index (χ3n) is 6.24. The molecule has 0 spiro atoms. The van der Waals surface area contributed by atoms with Crippen molar-refractivity contribution in [3.05, 3.63) is 60.2 Å². The fourth-order valence-electron chi connectivity index (χ4n) is 4.13. The van der Waals surface area contributed by atoms with E-state index in [-0.39, 0.29) is 18.0 Å². The normalized spacial score (nSPS) is 21.9. The Morgan fingerprint density at radius 1 is 1.10 bits per heavy atom. The average molecular weight is 410 g/mol. The highest BCUT2D eigenvalue weighted by Gasteiger charge is 2.53. The van der Waals surface area contributed by atoms with Crippen molar-refractivity contribution >= 4 is 17.4 Å². The Morgan fingerprint density at radius 3 is 2.30 bits per heavy atom. The van der Waals surface area contributed by atoms with Crippen LogP contribution in [-0.2, 0) is 20.7 Å². The molecule has 0 aliphatic carbocycles. The number of phenols is 1. The summed E-state index contributed by atoms with van der Waals surface area (Å²) in [4.78, 5) is 28.3. The smallest absolute Gasteiger partial charge is 0.337 e. The minimum absolute atomic E-state index is 0.107. The summed E-state index contributed by atoms with van der Waals surface area (Å²) in [6.45, 7) is 8.51. The Hall–Kier alpha value is -2.82. The largest absolute Gasteiger partial charge is 0.508 e. The van der Waals surface area contributed by atoms with Crippen molar-refractivity contribution in [2.75, 3.05) is 11.4 Å². The molecule has 1 aliphatic rings. The number of carbonyl (C=O) groups excluding carboxylic acids is 2. The zero-order chi connectivity index (χ0) is 21.9. The van der Waals surface area contributed by atoms with Crippen LogP contribution in [0.1, 0.15) is 46.1 Å². The van der Waals surface area contributed by atoms with Gasteiger partial charge in [-0.05, 0) is 49.6 Å². The van der Waals surface area contributed by atoms with Crippen molar-refractivity contribution in [2.24, 2.45) is 5.41 Å². The summed E-state index contributed by atoms with van der Waals surface area (Å²) in [5, 5.41) is 9.52. The van der Waals surface area contributed by atoms with Crippen LogP contribution < -0.4 is 4.90 Å². The molecule has 2 unspecified atom stereocenters. The first-order valence-corrected chi connectivity index (χ1v) is 10.5. The van der Waals surface area contributed by atoms with Crippen molar-refractivity contribution in [3.8, 4) is 5.75 Å². The van der Waals surface area contributed by atoms with Crippen LogP contribution in [0.4, 0.5) is 5.69 Å². The number of carbonyl (C=O) groups is 2. The molecule has 1 saturated heterocycles. The first-order valence-electron chi connectivity index (χ1n) is 10.5. The van der Waals surface area contributed by atoms with Gasteiger partial charge in [0.05, 0.1) is 0 Å². The number of cyclic esters (lactones) is 1. The number of rotatable bonds is 7. The molecule has 1 fully saturated rings. The van der Waals surface area contributed by atoms with Crippen molar-refractivity contribution in [2.45, 2.75) is 58.6 Å². The van der Waals surface area contributed by atoms with E-state index in [1.54, 1.807) is 12.1 Å². The third-order valence-corrected chi connectivity index (χ3v) is 6.24. The minimum Gasteiger partial charge on any atom is -0.508 e. The van der Waals surface area contributed by atoms with E-state index in [4.69, 9.17) is 4.74 Å². The quantitative estimate of drug-likeness (QED) is 0.538. The lowest BCUT2D eigenvalue weighted by Gasteiger charge is -2.48. The molecule has 0 radical (unpaired) electrons. The van der Waals surface area contributed by atoms with Crippen LogP contribution in [0.5, 0.6) is 5.75 Å². The van der Waals surface area contributed by atoms with E-state index in [2.05, 4.69) is 0 Å². The molecule has 0 saturated carbocycles. The number of aromatic hydroxyl groups is 1. The molecule has 160 valence electrons.